The van der Waals surface area contributed by atoms with E-state index in [0.29, 0.717) is 5.69 Å². The highest BCUT2D eigenvalue weighted by Crippen LogP contribution is 2.30. The third-order valence-corrected chi connectivity index (χ3v) is 3.01. The van der Waals surface area contributed by atoms with E-state index in [4.69, 9.17) is 11.6 Å². The van der Waals surface area contributed by atoms with Crippen molar-refractivity contribution in [2.24, 2.45) is 0 Å². The first-order chi connectivity index (χ1) is 9.45. The molecule has 0 amide bonds. The number of nitrogens with zero attached hydrogens (tertiary/aromatic N) is 3. The highest BCUT2D eigenvalue weighted by Gasteiger charge is 2.33. The average Bonchev–Trinajstić information content (AvgIpc) is 2.83. The van der Waals surface area contributed by atoms with E-state index in [1.54, 1.807) is 12.1 Å². The quantitative estimate of drug-likeness (QED) is 0.634. The topological polar surface area (TPSA) is 30.2 Å². The molecule has 0 saturated carbocycles. The number of hydrogen-bond donors (Lipinski definition) is 0. The van der Waals surface area contributed by atoms with Gasteiger partial charge in [0, 0.05) is 17.7 Å². The van der Waals surface area contributed by atoms with Crippen LogP contribution < -0.4 is 0 Å². The minimum Gasteiger partial charge on any atom is -0.224 e. The molecule has 0 N–H and O–H groups in total. The molecule has 0 spiro atoms. The minimum absolute atomic E-state index is 0.0590. The van der Waals surface area contributed by atoms with Crippen molar-refractivity contribution in [2.75, 3.05) is 0 Å². The van der Waals surface area contributed by atoms with Gasteiger partial charge in [0.15, 0.2) is 5.65 Å². The number of hydrogen-bond acceptors (Lipinski definition) is 2. The predicted molar refractivity (Wildman–Crippen MR) is 68.4 cm³/mol. The van der Waals surface area contributed by atoms with Gasteiger partial charge in [-0.15, -0.1) is 0 Å². The van der Waals surface area contributed by atoms with E-state index in [9.17, 15) is 13.2 Å². The lowest BCUT2D eigenvalue weighted by atomic mass is 10.2. The maximum atomic E-state index is 12.7. The molecule has 2 heterocycles. The van der Waals surface area contributed by atoms with Gasteiger partial charge in [-0.3, -0.25) is 0 Å². The summed E-state index contributed by atoms with van der Waals surface area (Å²) in [5.41, 5.74) is 0.320. The highest BCUT2D eigenvalue weighted by atomic mass is 35.5. The van der Waals surface area contributed by atoms with Gasteiger partial charge in [-0.1, -0.05) is 41.9 Å². The largest absolute Gasteiger partial charge is 0.433 e. The summed E-state index contributed by atoms with van der Waals surface area (Å²) in [6.07, 6.45) is -4.54. The molecule has 0 radical (unpaired) electrons. The van der Waals surface area contributed by atoms with E-state index < -0.39 is 11.9 Å². The van der Waals surface area contributed by atoms with E-state index in [1.807, 2.05) is 18.2 Å². The number of halogens is 4. The van der Waals surface area contributed by atoms with Crippen LogP contribution in [0.4, 0.5) is 13.2 Å². The lowest BCUT2D eigenvalue weighted by Crippen LogP contribution is -2.09. The van der Waals surface area contributed by atoms with Crippen LogP contribution in [0.3, 0.4) is 0 Å². The molecule has 0 aliphatic rings. The number of rotatable bonds is 1. The smallest absolute Gasteiger partial charge is 0.224 e. The number of alkyl halides is 3. The number of benzene rings is 1. The molecule has 0 aliphatic heterocycles. The summed E-state index contributed by atoms with van der Waals surface area (Å²) in [6, 6.07) is 11.3. The summed E-state index contributed by atoms with van der Waals surface area (Å²) >= 11 is 5.83. The Labute approximate surface area is 116 Å². The second-order valence-electron chi connectivity index (χ2n) is 4.13. The Morgan fingerprint density at radius 1 is 1.05 bits per heavy atom. The molecular formula is C13H7ClF3N3. The Kier molecular flexibility index (Phi) is 2.90. The summed E-state index contributed by atoms with van der Waals surface area (Å²) < 4.78 is 39.2. The third kappa shape index (κ3) is 2.22. The third-order valence-electron chi connectivity index (χ3n) is 2.74. The fourth-order valence-electron chi connectivity index (χ4n) is 1.83. The van der Waals surface area contributed by atoms with Crippen LogP contribution in [-0.4, -0.2) is 14.6 Å². The van der Waals surface area contributed by atoms with E-state index in [1.165, 1.54) is 10.6 Å². The first-order valence-electron chi connectivity index (χ1n) is 5.64. The number of fused-ring (bicyclic) bond motifs is 1. The molecule has 1 aromatic carbocycles. The summed E-state index contributed by atoms with van der Waals surface area (Å²) in [7, 11) is 0. The molecule has 0 fully saturated rings. The van der Waals surface area contributed by atoms with Crippen molar-refractivity contribution in [2.45, 2.75) is 6.18 Å². The molecule has 0 bridgehead atoms. The zero-order valence-electron chi connectivity index (χ0n) is 9.89. The van der Waals surface area contributed by atoms with Crippen LogP contribution in [0.1, 0.15) is 5.69 Å². The van der Waals surface area contributed by atoms with Crippen molar-refractivity contribution in [3.8, 4) is 11.3 Å². The van der Waals surface area contributed by atoms with Gasteiger partial charge >= 0.3 is 6.18 Å². The lowest BCUT2D eigenvalue weighted by molar-refractivity contribution is -0.141. The molecule has 0 aliphatic carbocycles. The molecule has 20 heavy (non-hydrogen) atoms. The molecular weight excluding hydrogens is 291 g/mol. The lowest BCUT2D eigenvalue weighted by Gasteiger charge is -2.06. The van der Waals surface area contributed by atoms with Crippen molar-refractivity contribution in [3.63, 3.8) is 0 Å². The van der Waals surface area contributed by atoms with Gasteiger partial charge in [0.2, 0.25) is 0 Å². The van der Waals surface area contributed by atoms with Crippen LogP contribution in [0.25, 0.3) is 16.9 Å². The van der Waals surface area contributed by atoms with Gasteiger partial charge in [-0.25, -0.2) is 9.50 Å². The standard InChI is InChI=1S/C13H7ClF3N3/c14-11-7-10(13(15,16)17)18-12-6-9(19-20(11)12)8-4-2-1-3-5-8/h1-7H. The van der Waals surface area contributed by atoms with Crippen LogP contribution >= 0.6 is 11.6 Å². The van der Waals surface area contributed by atoms with Gasteiger partial charge in [-0.05, 0) is 0 Å². The normalized spacial score (nSPS) is 12.0. The van der Waals surface area contributed by atoms with Gasteiger partial charge in [0.05, 0.1) is 5.69 Å². The van der Waals surface area contributed by atoms with Gasteiger partial charge in [0.1, 0.15) is 10.8 Å². The van der Waals surface area contributed by atoms with Crippen molar-refractivity contribution in [3.05, 3.63) is 53.3 Å². The molecule has 0 unspecified atom stereocenters. The van der Waals surface area contributed by atoms with E-state index >= 15 is 0 Å². The highest BCUT2D eigenvalue weighted by molar-refractivity contribution is 6.29. The maximum Gasteiger partial charge on any atom is 0.433 e. The Balaban J connectivity index is 2.19. The molecule has 7 heteroatoms. The Morgan fingerprint density at radius 2 is 1.75 bits per heavy atom. The molecule has 2 aromatic heterocycles. The Hall–Kier alpha value is -2.08. The van der Waals surface area contributed by atoms with E-state index in [-0.39, 0.29) is 10.8 Å². The zero-order valence-corrected chi connectivity index (χ0v) is 10.7. The Bertz CT molecular complexity index is 766. The first-order valence-corrected chi connectivity index (χ1v) is 6.02. The van der Waals surface area contributed by atoms with Gasteiger partial charge in [0.25, 0.3) is 0 Å². The predicted octanol–water partition coefficient (Wildman–Crippen LogP) is 4.07. The summed E-state index contributed by atoms with van der Waals surface area (Å²) in [5, 5.41) is 4.03. The second-order valence-corrected chi connectivity index (χ2v) is 4.51. The first kappa shape index (κ1) is 12.9. The maximum absolute atomic E-state index is 12.7. The SMILES string of the molecule is FC(F)(F)c1cc(Cl)n2nc(-c3ccccc3)cc2n1. The van der Waals surface area contributed by atoms with Crippen LogP contribution in [-0.2, 0) is 6.18 Å². The molecule has 3 aromatic rings. The van der Waals surface area contributed by atoms with Crippen molar-refractivity contribution >= 4 is 17.2 Å². The van der Waals surface area contributed by atoms with E-state index in [2.05, 4.69) is 10.1 Å². The van der Waals surface area contributed by atoms with Crippen molar-refractivity contribution in [1.29, 1.82) is 0 Å². The fraction of sp³-hybridized carbons (Fsp3) is 0.0769. The van der Waals surface area contributed by atoms with Crippen LogP contribution in [0.15, 0.2) is 42.5 Å². The van der Waals surface area contributed by atoms with Crippen LogP contribution in [0, 0.1) is 0 Å². The molecule has 3 nitrogen and oxygen atoms in total. The van der Waals surface area contributed by atoms with Gasteiger partial charge < -0.3 is 0 Å². The fourth-order valence-corrected chi connectivity index (χ4v) is 2.06. The number of aromatic nitrogens is 3. The van der Waals surface area contributed by atoms with E-state index in [0.717, 1.165) is 11.6 Å². The monoisotopic (exact) mass is 297 g/mol. The minimum atomic E-state index is -4.54. The molecule has 0 atom stereocenters. The summed E-state index contributed by atoms with van der Waals surface area (Å²) in [5.74, 6) is 0. The molecule has 102 valence electrons. The van der Waals surface area contributed by atoms with Crippen LogP contribution in [0.2, 0.25) is 5.15 Å². The van der Waals surface area contributed by atoms with Crippen molar-refractivity contribution < 1.29 is 13.2 Å². The van der Waals surface area contributed by atoms with Gasteiger partial charge in [-0.2, -0.15) is 18.3 Å². The molecule has 0 saturated heterocycles. The van der Waals surface area contributed by atoms with Crippen LogP contribution in [0.5, 0.6) is 0 Å². The zero-order chi connectivity index (χ0) is 14.3. The Morgan fingerprint density at radius 3 is 2.40 bits per heavy atom. The molecule has 3 rings (SSSR count). The second kappa shape index (κ2) is 4.49. The summed E-state index contributed by atoms with van der Waals surface area (Å²) in [4.78, 5) is 3.54. The summed E-state index contributed by atoms with van der Waals surface area (Å²) in [6.45, 7) is 0. The average molecular weight is 298 g/mol. The van der Waals surface area contributed by atoms with Crippen molar-refractivity contribution in [1.82, 2.24) is 14.6 Å².